The monoisotopic (exact) mass is 356 g/mol. The van der Waals surface area contributed by atoms with Crippen molar-refractivity contribution < 1.29 is 27.4 Å². The Kier molecular flexibility index (Phi) is 5.41. The van der Waals surface area contributed by atoms with Crippen molar-refractivity contribution in [3.63, 3.8) is 0 Å². The molecule has 0 N–H and O–H groups in total. The molecule has 0 atom stereocenters. The lowest BCUT2D eigenvalue weighted by Crippen LogP contribution is -2.17. The van der Waals surface area contributed by atoms with Crippen LogP contribution >= 0.6 is 11.3 Å². The van der Waals surface area contributed by atoms with Crippen LogP contribution in [0.25, 0.3) is 10.6 Å². The second-order valence-corrected chi connectivity index (χ2v) is 5.36. The van der Waals surface area contributed by atoms with Gasteiger partial charge in [-0.05, 0) is 24.4 Å². The molecule has 5 nitrogen and oxygen atoms in total. The van der Waals surface area contributed by atoms with E-state index < -0.39 is 35.8 Å². The van der Waals surface area contributed by atoms with E-state index in [9.17, 15) is 18.0 Å². The molecule has 0 fully saturated rings. The van der Waals surface area contributed by atoms with Gasteiger partial charge in [0.25, 0.3) is 0 Å². The Bertz CT molecular complexity index is 768. The van der Waals surface area contributed by atoms with E-state index in [1.807, 2.05) is 0 Å². The van der Waals surface area contributed by atoms with Crippen LogP contribution in [0, 0.1) is 11.3 Å². The van der Waals surface area contributed by atoms with Crippen molar-refractivity contribution in [2.24, 2.45) is 0 Å². The molecule has 0 aromatic carbocycles. The topological polar surface area (TPSA) is 72.2 Å². The molecule has 2 aromatic heterocycles. The van der Waals surface area contributed by atoms with Crippen molar-refractivity contribution in [2.75, 3.05) is 13.2 Å². The smallest absolute Gasteiger partial charge is 0.417 e. The Morgan fingerprint density at radius 1 is 1.46 bits per heavy atom. The van der Waals surface area contributed by atoms with Crippen LogP contribution in [0.2, 0.25) is 0 Å². The minimum atomic E-state index is -4.76. The lowest BCUT2D eigenvalue weighted by atomic mass is 10.1. The summed E-state index contributed by atoms with van der Waals surface area (Å²) in [5.41, 5.74) is -1.93. The summed E-state index contributed by atoms with van der Waals surface area (Å²) >= 11 is 1.19. The third kappa shape index (κ3) is 4.02. The van der Waals surface area contributed by atoms with Crippen LogP contribution < -0.4 is 4.74 Å². The van der Waals surface area contributed by atoms with Crippen LogP contribution in [-0.4, -0.2) is 24.2 Å². The zero-order chi connectivity index (χ0) is 17.7. The predicted molar refractivity (Wildman–Crippen MR) is 79.4 cm³/mol. The number of hydrogen-bond acceptors (Lipinski definition) is 6. The third-order valence-corrected chi connectivity index (χ3v) is 3.70. The predicted octanol–water partition coefficient (Wildman–Crippen LogP) is 3.64. The van der Waals surface area contributed by atoms with Gasteiger partial charge in [0, 0.05) is 0 Å². The van der Waals surface area contributed by atoms with Crippen molar-refractivity contribution in [3.05, 3.63) is 34.7 Å². The Morgan fingerprint density at radius 3 is 2.75 bits per heavy atom. The van der Waals surface area contributed by atoms with Crippen LogP contribution in [0.1, 0.15) is 18.1 Å². The number of thiophene rings is 1. The van der Waals surface area contributed by atoms with Crippen molar-refractivity contribution in [2.45, 2.75) is 13.1 Å². The van der Waals surface area contributed by atoms with E-state index >= 15 is 0 Å². The fraction of sp³-hybridized carbons (Fsp3) is 0.267. The molecule has 0 aliphatic heterocycles. The lowest BCUT2D eigenvalue weighted by Gasteiger charge is -2.14. The van der Waals surface area contributed by atoms with E-state index in [-0.39, 0.29) is 12.3 Å². The molecule has 24 heavy (non-hydrogen) atoms. The average Bonchev–Trinajstić information content (AvgIpc) is 3.05. The van der Waals surface area contributed by atoms with Crippen LogP contribution in [-0.2, 0) is 15.7 Å². The number of carbonyl (C=O) groups is 1. The van der Waals surface area contributed by atoms with Gasteiger partial charge in [-0.1, -0.05) is 6.07 Å². The Balaban J connectivity index is 2.49. The quantitative estimate of drug-likeness (QED) is 0.765. The molecule has 0 unspecified atom stereocenters. The number of ether oxygens (including phenoxy) is 2. The van der Waals surface area contributed by atoms with Gasteiger partial charge >= 0.3 is 12.1 Å². The molecule has 0 bridgehead atoms. The number of alkyl halides is 3. The second-order valence-electron chi connectivity index (χ2n) is 4.42. The minimum Gasteiger partial charge on any atom is -0.465 e. The first-order chi connectivity index (χ1) is 11.4. The maximum atomic E-state index is 13.2. The van der Waals surface area contributed by atoms with Crippen molar-refractivity contribution in [1.29, 1.82) is 5.26 Å². The molecule has 0 aliphatic carbocycles. The Hall–Kier alpha value is -2.60. The van der Waals surface area contributed by atoms with E-state index in [0.29, 0.717) is 4.88 Å². The zero-order valence-electron chi connectivity index (χ0n) is 12.4. The van der Waals surface area contributed by atoms with E-state index in [1.165, 1.54) is 17.4 Å². The molecule has 0 saturated heterocycles. The van der Waals surface area contributed by atoms with Gasteiger partial charge in [0.05, 0.1) is 22.7 Å². The van der Waals surface area contributed by atoms with E-state index in [2.05, 4.69) is 9.72 Å². The van der Waals surface area contributed by atoms with Gasteiger partial charge in [-0.2, -0.15) is 18.4 Å². The molecule has 2 heterocycles. The van der Waals surface area contributed by atoms with E-state index in [0.717, 1.165) is 6.07 Å². The molecule has 0 amide bonds. The molecule has 126 valence electrons. The van der Waals surface area contributed by atoms with E-state index in [4.69, 9.17) is 10.00 Å². The summed E-state index contributed by atoms with van der Waals surface area (Å²) in [6.45, 7) is 1.04. The Morgan fingerprint density at radius 2 is 2.21 bits per heavy atom. The molecule has 0 radical (unpaired) electrons. The zero-order valence-corrected chi connectivity index (χ0v) is 13.2. The first-order valence-electron chi connectivity index (χ1n) is 6.71. The summed E-state index contributed by atoms with van der Waals surface area (Å²) in [5, 5.41) is 10.8. The second kappa shape index (κ2) is 7.31. The summed E-state index contributed by atoms with van der Waals surface area (Å²) < 4.78 is 49.4. The molecular weight excluding hydrogens is 345 g/mol. The Labute approximate surface area is 139 Å². The van der Waals surface area contributed by atoms with Gasteiger partial charge < -0.3 is 9.47 Å². The molecule has 9 heteroatoms. The molecular formula is C15H11F3N2O3S. The number of carbonyl (C=O) groups excluding carboxylic acids is 1. The number of hydrogen-bond donors (Lipinski definition) is 0. The number of rotatable bonds is 5. The first kappa shape index (κ1) is 17.7. The molecule has 0 saturated carbocycles. The fourth-order valence-corrected chi connectivity index (χ4v) is 2.52. The summed E-state index contributed by atoms with van der Waals surface area (Å²) in [6, 6.07) is 5.49. The number of pyridine rings is 1. The highest BCUT2D eigenvalue weighted by Gasteiger charge is 2.36. The number of nitrogens with zero attached hydrogens (tertiary/aromatic N) is 2. The van der Waals surface area contributed by atoms with Gasteiger partial charge in [0.1, 0.15) is 11.6 Å². The SMILES string of the molecule is CCOC(=O)COc1nc(-c2cccs2)cc(C(F)(F)F)c1C#N. The number of nitriles is 1. The summed E-state index contributed by atoms with van der Waals surface area (Å²) in [4.78, 5) is 15.8. The highest BCUT2D eigenvalue weighted by Crippen LogP contribution is 2.38. The highest BCUT2D eigenvalue weighted by atomic mass is 32.1. The number of halogens is 3. The number of esters is 1. The maximum Gasteiger partial charge on any atom is 0.417 e. The van der Waals surface area contributed by atoms with Crippen LogP contribution in [0.15, 0.2) is 23.6 Å². The van der Waals surface area contributed by atoms with Crippen molar-refractivity contribution >= 4 is 17.3 Å². The standard InChI is InChI=1S/C15H11F3N2O3S/c1-2-22-13(21)8-23-14-9(7-19)10(15(16,17)18)6-11(20-14)12-4-3-5-24-12/h3-6H,2,8H2,1H3. The normalized spacial score (nSPS) is 11.0. The van der Waals surface area contributed by atoms with Gasteiger partial charge in [-0.15, -0.1) is 11.3 Å². The van der Waals surface area contributed by atoms with Crippen LogP contribution in [0.4, 0.5) is 13.2 Å². The molecule has 0 spiro atoms. The van der Waals surface area contributed by atoms with Gasteiger partial charge in [-0.3, -0.25) is 0 Å². The summed E-state index contributed by atoms with van der Waals surface area (Å²) in [7, 11) is 0. The van der Waals surface area contributed by atoms with E-state index in [1.54, 1.807) is 24.4 Å². The highest BCUT2D eigenvalue weighted by molar-refractivity contribution is 7.13. The van der Waals surface area contributed by atoms with Gasteiger partial charge in [-0.25, -0.2) is 9.78 Å². The van der Waals surface area contributed by atoms with Crippen molar-refractivity contribution in [3.8, 4) is 22.5 Å². The summed E-state index contributed by atoms with van der Waals surface area (Å²) in [5.74, 6) is -1.32. The van der Waals surface area contributed by atoms with Gasteiger partial charge in [0.15, 0.2) is 6.61 Å². The average molecular weight is 356 g/mol. The first-order valence-corrected chi connectivity index (χ1v) is 7.59. The molecule has 2 rings (SSSR count). The van der Waals surface area contributed by atoms with Crippen LogP contribution in [0.3, 0.4) is 0 Å². The largest absolute Gasteiger partial charge is 0.465 e. The molecule has 2 aromatic rings. The summed E-state index contributed by atoms with van der Waals surface area (Å²) in [6.07, 6.45) is -4.76. The lowest BCUT2D eigenvalue weighted by molar-refractivity contribution is -0.145. The molecule has 0 aliphatic rings. The van der Waals surface area contributed by atoms with Gasteiger partial charge in [0.2, 0.25) is 5.88 Å². The van der Waals surface area contributed by atoms with Crippen LogP contribution in [0.5, 0.6) is 5.88 Å². The fourth-order valence-electron chi connectivity index (χ4n) is 1.84. The minimum absolute atomic E-state index is 0.00943. The third-order valence-electron chi connectivity index (χ3n) is 2.81. The number of aromatic nitrogens is 1. The maximum absolute atomic E-state index is 13.2. The van der Waals surface area contributed by atoms with Crippen molar-refractivity contribution in [1.82, 2.24) is 4.98 Å².